The summed E-state index contributed by atoms with van der Waals surface area (Å²) >= 11 is 0. The third-order valence-corrected chi connectivity index (χ3v) is 5.92. The predicted molar refractivity (Wildman–Crippen MR) is 103 cm³/mol. The van der Waals surface area contributed by atoms with E-state index in [-0.39, 0.29) is 17.0 Å². The van der Waals surface area contributed by atoms with Crippen molar-refractivity contribution in [2.24, 2.45) is 5.92 Å². The molecule has 1 heterocycles. The molecule has 1 aliphatic heterocycles. The van der Waals surface area contributed by atoms with Crippen molar-refractivity contribution in [1.29, 1.82) is 0 Å². The van der Waals surface area contributed by atoms with Crippen LogP contribution in [0.1, 0.15) is 67.7 Å². The van der Waals surface area contributed by atoms with Crippen molar-refractivity contribution in [3.63, 3.8) is 0 Å². The van der Waals surface area contributed by atoms with Gasteiger partial charge in [-0.05, 0) is 52.9 Å². The number of piperidine rings is 1. The summed E-state index contributed by atoms with van der Waals surface area (Å²) in [7, 11) is -3.09. The van der Waals surface area contributed by atoms with Crippen LogP contribution < -0.4 is 5.32 Å². The van der Waals surface area contributed by atoms with E-state index in [1.165, 1.54) is 13.2 Å². The minimum absolute atomic E-state index is 0.0394. The molecule has 1 fully saturated rings. The van der Waals surface area contributed by atoms with Crippen LogP contribution in [0.5, 0.6) is 0 Å². The van der Waals surface area contributed by atoms with Gasteiger partial charge in [-0.1, -0.05) is 13.8 Å². The fourth-order valence-corrected chi connectivity index (χ4v) is 3.98. The van der Waals surface area contributed by atoms with Gasteiger partial charge in [-0.2, -0.15) is 0 Å². The lowest BCUT2D eigenvalue weighted by Crippen LogP contribution is -2.46. The molecule has 0 saturated carbocycles. The molecule has 0 spiro atoms. The van der Waals surface area contributed by atoms with E-state index < -0.39 is 10.0 Å². The van der Waals surface area contributed by atoms with Crippen LogP contribution in [0.15, 0.2) is 0 Å². The second kappa shape index (κ2) is 9.88. The van der Waals surface area contributed by atoms with Gasteiger partial charge in [-0.3, -0.25) is 4.79 Å². The Labute approximate surface area is 154 Å². The van der Waals surface area contributed by atoms with Gasteiger partial charge in [0.2, 0.25) is 15.9 Å². The van der Waals surface area contributed by atoms with Crippen LogP contribution >= 0.6 is 0 Å². The maximum absolute atomic E-state index is 11.6. The number of amides is 1. The van der Waals surface area contributed by atoms with Crippen molar-refractivity contribution >= 4 is 15.9 Å². The third kappa shape index (κ3) is 9.01. The molecule has 0 atom stereocenters. The second-order valence-electron chi connectivity index (χ2n) is 7.70. The number of nitrogens with zero attached hydrogens (tertiary/aromatic N) is 1. The molecule has 0 aromatic carbocycles. The summed E-state index contributed by atoms with van der Waals surface area (Å²) in [5.41, 5.74) is -0.586. The average molecular weight is 379 g/mol. The molecule has 7 heteroatoms. The number of ether oxygens (including phenoxy) is 1. The van der Waals surface area contributed by atoms with Crippen molar-refractivity contribution in [1.82, 2.24) is 9.62 Å². The normalized spacial score (nSPS) is 17.6. The highest BCUT2D eigenvalue weighted by molar-refractivity contribution is 7.88. The largest absolute Gasteiger partial charge is 0.375 e. The molecule has 1 saturated heterocycles. The maximum atomic E-state index is 11.6. The zero-order valence-corrected chi connectivity index (χ0v) is 18.1. The van der Waals surface area contributed by atoms with Gasteiger partial charge in [0.1, 0.15) is 0 Å². The summed E-state index contributed by atoms with van der Waals surface area (Å²) in [6.07, 6.45) is 3.63. The number of carbonyl (C=O) groups is 1. The molecule has 0 aliphatic carbocycles. The first-order chi connectivity index (χ1) is 11.3. The van der Waals surface area contributed by atoms with Crippen LogP contribution in [0, 0.1) is 5.92 Å². The minimum Gasteiger partial charge on any atom is -0.375 e. The SMILES string of the molecule is CC.CC(=O)NC(C)(C)CCOC(C)(C)C1CCN(S(C)(=O)=O)CC1. The number of hydrogen-bond acceptors (Lipinski definition) is 4. The lowest BCUT2D eigenvalue weighted by Gasteiger charge is -2.40. The lowest BCUT2D eigenvalue weighted by atomic mass is 9.83. The first kappa shape index (κ1) is 24.3. The molecule has 0 radical (unpaired) electrons. The smallest absolute Gasteiger partial charge is 0.217 e. The van der Waals surface area contributed by atoms with Gasteiger partial charge in [0.25, 0.3) is 0 Å². The molecule has 0 bridgehead atoms. The molecular weight excluding hydrogens is 340 g/mol. The first-order valence-electron chi connectivity index (χ1n) is 9.21. The van der Waals surface area contributed by atoms with E-state index in [0.717, 1.165) is 19.3 Å². The van der Waals surface area contributed by atoms with Crippen LogP contribution in [0.25, 0.3) is 0 Å². The Kier molecular flexibility index (Phi) is 9.62. The summed E-state index contributed by atoms with van der Waals surface area (Å²) < 4.78 is 30.8. The number of hydrogen-bond donors (Lipinski definition) is 1. The Morgan fingerprint density at radius 3 is 2.04 bits per heavy atom. The van der Waals surface area contributed by atoms with E-state index >= 15 is 0 Å². The van der Waals surface area contributed by atoms with Gasteiger partial charge in [-0.25, -0.2) is 12.7 Å². The van der Waals surface area contributed by atoms with E-state index in [1.54, 1.807) is 4.31 Å². The van der Waals surface area contributed by atoms with Gasteiger partial charge in [0.15, 0.2) is 0 Å². The second-order valence-corrected chi connectivity index (χ2v) is 9.69. The molecule has 0 aromatic rings. The number of sulfonamides is 1. The summed E-state index contributed by atoms with van der Waals surface area (Å²) in [6, 6.07) is 0. The fourth-order valence-electron chi connectivity index (χ4n) is 3.11. The van der Waals surface area contributed by atoms with Crippen molar-refractivity contribution in [2.75, 3.05) is 26.0 Å². The van der Waals surface area contributed by atoms with Crippen molar-refractivity contribution < 1.29 is 17.9 Å². The topological polar surface area (TPSA) is 75.7 Å². The third-order valence-electron chi connectivity index (χ3n) is 4.62. The monoisotopic (exact) mass is 378 g/mol. The Morgan fingerprint density at radius 2 is 1.64 bits per heavy atom. The molecule has 0 unspecified atom stereocenters. The van der Waals surface area contributed by atoms with Crippen LogP contribution in [0.3, 0.4) is 0 Å². The highest BCUT2D eigenvalue weighted by Gasteiger charge is 2.35. The standard InChI is InChI=1S/C16H32N2O4S.C2H6/c1-13(19)17-15(2,3)9-12-22-16(4,5)14-7-10-18(11-8-14)23(6,20)21;1-2/h14H,7-12H2,1-6H3,(H,17,19);1-2H3. The van der Waals surface area contributed by atoms with E-state index in [9.17, 15) is 13.2 Å². The Hall–Kier alpha value is -0.660. The van der Waals surface area contributed by atoms with Gasteiger partial charge >= 0.3 is 0 Å². The zero-order valence-electron chi connectivity index (χ0n) is 17.3. The predicted octanol–water partition coefficient (Wildman–Crippen LogP) is 2.78. The quantitative estimate of drug-likeness (QED) is 0.739. The number of rotatable bonds is 7. The molecule has 1 rings (SSSR count). The summed E-state index contributed by atoms with van der Waals surface area (Å²) in [5, 5.41) is 2.92. The average Bonchev–Trinajstić information content (AvgIpc) is 2.46. The summed E-state index contributed by atoms with van der Waals surface area (Å²) in [4.78, 5) is 11.2. The van der Waals surface area contributed by atoms with E-state index in [2.05, 4.69) is 19.2 Å². The Morgan fingerprint density at radius 1 is 1.16 bits per heavy atom. The molecule has 25 heavy (non-hydrogen) atoms. The van der Waals surface area contributed by atoms with Gasteiger partial charge in [0, 0.05) is 32.2 Å². The van der Waals surface area contributed by atoms with Gasteiger partial charge < -0.3 is 10.1 Å². The van der Waals surface area contributed by atoms with Crippen molar-refractivity contribution in [3.05, 3.63) is 0 Å². The van der Waals surface area contributed by atoms with Crippen LogP contribution in [0.4, 0.5) is 0 Å². The number of carbonyl (C=O) groups excluding carboxylic acids is 1. The number of nitrogens with one attached hydrogen (secondary N) is 1. The van der Waals surface area contributed by atoms with Crippen LogP contribution in [0.2, 0.25) is 0 Å². The van der Waals surface area contributed by atoms with Crippen LogP contribution in [-0.2, 0) is 19.6 Å². The molecule has 6 nitrogen and oxygen atoms in total. The summed E-state index contributed by atoms with van der Waals surface area (Å²) in [6.45, 7) is 15.3. The highest BCUT2D eigenvalue weighted by atomic mass is 32.2. The van der Waals surface area contributed by atoms with E-state index in [4.69, 9.17) is 4.74 Å². The molecular formula is C18H38N2O4S. The molecule has 1 amide bonds. The van der Waals surface area contributed by atoms with Crippen molar-refractivity contribution in [3.8, 4) is 0 Å². The van der Waals surface area contributed by atoms with Crippen LogP contribution in [-0.4, -0.2) is 55.7 Å². The van der Waals surface area contributed by atoms with Gasteiger partial charge in [0.05, 0.1) is 11.9 Å². The Bertz CT molecular complexity index is 507. The summed E-state index contributed by atoms with van der Waals surface area (Å²) in [5.74, 6) is 0.298. The molecule has 0 aromatic heterocycles. The zero-order chi connectivity index (χ0) is 19.9. The fraction of sp³-hybridized carbons (Fsp3) is 0.944. The molecule has 1 N–H and O–H groups in total. The highest BCUT2D eigenvalue weighted by Crippen LogP contribution is 2.32. The van der Waals surface area contributed by atoms with Crippen molar-refractivity contribution in [2.45, 2.75) is 78.9 Å². The van der Waals surface area contributed by atoms with E-state index in [0.29, 0.717) is 25.6 Å². The van der Waals surface area contributed by atoms with Gasteiger partial charge in [-0.15, -0.1) is 0 Å². The molecule has 1 aliphatic rings. The lowest BCUT2D eigenvalue weighted by molar-refractivity contribution is -0.121. The van der Waals surface area contributed by atoms with E-state index in [1.807, 2.05) is 27.7 Å². The Balaban J connectivity index is 0.00000277. The maximum Gasteiger partial charge on any atom is 0.217 e. The first-order valence-corrected chi connectivity index (χ1v) is 11.1. The minimum atomic E-state index is -3.09. The molecule has 150 valence electrons.